The number of likely N-dealkylation sites (tertiary alicyclic amines) is 1. The van der Waals surface area contributed by atoms with Gasteiger partial charge in [-0.15, -0.1) is 0 Å². The SMILES string of the molecule is CC[C@H](OCc1ccccc1)/C(C)=C/C[C@@H](C)C#CC[C@](C)(O)[C@@H]1CCCN1C(=O)OCc1ccccc1. The molecule has 204 valence electrons. The van der Waals surface area contributed by atoms with Gasteiger partial charge in [0, 0.05) is 18.9 Å². The van der Waals surface area contributed by atoms with Crippen LogP contribution >= 0.6 is 0 Å². The molecular weight excluding hydrogens is 474 g/mol. The van der Waals surface area contributed by atoms with Gasteiger partial charge in [-0.05, 0) is 56.2 Å². The summed E-state index contributed by atoms with van der Waals surface area (Å²) in [5, 5.41) is 11.2. The fourth-order valence-electron chi connectivity index (χ4n) is 4.85. The number of aliphatic hydroxyl groups is 1. The second-order valence-corrected chi connectivity index (χ2v) is 10.5. The Morgan fingerprint density at radius 3 is 2.39 bits per heavy atom. The lowest BCUT2D eigenvalue weighted by Gasteiger charge is -2.34. The van der Waals surface area contributed by atoms with E-state index in [2.05, 4.69) is 50.8 Å². The third-order valence-electron chi connectivity index (χ3n) is 7.17. The summed E-state index contributed by atoms with van der Waals surface area (Å²) in [5.41, 5.74) is 2.25. The van der Waals surface area contributed by atoms with Gasteiger partial charge in [0.05, 0.1) is 24.4 Å². The highest BCUT2D eigenvalue weighted by Gasteiger charge is 2.41. The minimum Gasteiger partial charge on any atom is -0.445 e. The zero-order valence-corrected chi connectivity index (χ0v) is 23.4. The predicted octanol–water partition coefficient (Wildman–Crippen LogP) is 6.90. The van der Waals surface area contributed by atoms with Gasteiger partial charge < -0.3 is 19.5 Å². The number of hydrogen-bond acceptors (Lipinski definition) is 4. The van der Waals surface area contributed by atoms with Gasteiger partial charge in [0.25, 0.3) is 0 Å². The molecule has 0 saturated carbocycles. The number of allylic oxidation sites excluding steroid dienone is 1. The monoisotopic (exact) mass is 517 g/mol. The third-order valence-corrected chi connectivity index (χ3v) is 7.17. The van der Waals surface area contributed by atoms with E-state index in [4.69, 9.17) is 9.47 Å². The van der Waals surface area contributed by atoms with Gasteiger partial charge in [0.15, 0.2) is 0 Å². The van der Waals surface area contributed by atoms with Crippen molar-refractivity contribution in [2.24, 2.45) is 5.92 Å². The molecule has 2 aromatic carbocycles. The lowest BCUT2D eigenvalue weighted by molar-refractivity contribution is -0.0156. The summed E-state index contributed by atoms with van der Waals surface area (Å²) < 4.78 is 11.7. The van der Waals surface area contributed by atoms with E-state index in [1.165, 1.54) is 11.1 Å². The molecule has 1 amide bonds. The molecule has 1 aliphatic heterocycles. The molecule has 0 aliphatic carbocycles. The maximum absolute atomic E-state index is 12.8. The lowest BCUT2D eigenvalue weighted by atomic mass is 9.90. The summed E-state index contributed by atoms with van der Waals surface area (Å²) >= 11 is 0. The van der Waals surface area contributed by atoms with Crippen LogP contribution in [0.1, 0.15) is 70.9 Å². The smallest absolute Gasteiger partial charge is 0.410 e. The Hall–Kier alpha value is -3.07. The summed E-state index contributed by atoms with van der Waals surface area (Å²) in [6, 6.07) is 19.6. The second kappa shape index (κ2) is 14.8. The Morgan fingerprint density at radius 2 is 1.76 bits per heavy atom. The predicted molar refractivity (Wildman–Crippen MR) is 152 cm³/mol. The van der Waals surface area contributed by atoms with Gasteiger partial charge >= 0.3 is 6.09 Å². The van der Waals surface area contributed by atoms with Crippen molar-refractivity contribution in [2.45, 2.75) is 90.8 Å². The van der Waals surface area contributed by atoms with Crippen molar-refractivity contribution in [3.05, 3.63) is 83.4 Å². The Kier molecular flexibility index (Phi) is 11.5. The zero-order chi connectivity index (χ0) is 27.4. The van der Waals surface area contributed by atoms with Gasteiger partial charge in [0.2, 0.25) is 0 Å². The summed E-state index contributed by atoms with van der Waals surface area (Å²) in [6.45, 7) is 9.56. The Morgan fingerprint density at radius 1 is 1.13 bits per heavy atom. The molecular formula is C33H43NO4. The van der Waals surface area contributed by atoms with E-state index in [9.17, 15) is 9.90 Å². The maximum Gasteiger partial charge on any atom is 0.410 e. The van der Waals surface area contributed by atoms with Crippen molar-refractivity contribution >= 4 is 6.09 Å². The summed E-state index contributed by atoms with van der Waals surface area (Å²) in [4.78, 5) is 14.4. The zero-order valence-electron chi connectivity index (χ0n) is 23.4. The molecule has 0 aromatic heterocycles. The summed E-state index contributed by atoms with van der Waals surface area (Å²) in [7, 11) is 0. The molecule has 0 unspecified atom stereocenters. The van der Waals surface area contributed by atoms with E-state index in [1.807, 2.05) is 48.5 Å². The van der Waals surface area contributed by atoms with Gasteiger partial charge in [-0.3, -0.25) is 0 Å². The largest absolute Gasteiger partial charge is 0.445 e. The van der Waals surface area contributed by atoms with Crippen LogP contribution in [-0.4, -0.2) is 40.4 Å². The number of benzene rings is 2. The second-order valence-electron chi connectivity index (χ2n) is 10.5. The first kappa shape index (κ1) is 29.5. The number of amides is 1. The molecule has 0 radical (unpaired) electrons. The van der Waals surface area contributed by atoms with E-state index < -0.39 is 5.60 Å². The highest BCUT2D eigenvalue weighted by atomic mass is 16.6. The highest BCUT2D eigenvalue weighted by Crippen LogP contribution is 2.30. The molecule has 1 fully saturated rings. The topological polar surface area (TPSA) is 59.0 Å². The molecule has 3 rings (SSSR count). The molecule has 1 saturated heterocycles. The van der Waals surface area contributed by atoms with E-state index >= 15 is 0 Å². The standard InChI is InChI=1S/C33H43NO4/c1-5-30(37-24-28-15-8-6-9-16-28)27(3)21-20-26(2)14-12-22-33(4,36)31-19-13-23-34(31)32(35)38-25-29-17-10-7-11-18-29/h6-11,15-18,21,26,30-31,36H,5,13,19-20,22-25H2,1-4H3/b27-21+/t26-,30-,31-,33-/m0/s1. The van der Waals surface area contributed by atoms with Crippen LogP contribution in [0, 0.1) is 17.8 Å². The minimum atomic E-state index is -1.10. The number of nitrogens with zero attached hydrogens (tertiary/aromatic N) is 1. The van der Waals surface area contributed by atoms with Crippen LogP contribution in [0.3, 0.4) is 0 Å². The average Bonchev–Trinajstić information content (AvgIpc) is 3.43. The van der Waals surface area contributed by atoms with Crippen LogP contribution < -0.4 is 0 Å². The Bertz CT molecular complexity index is 1080. The van der Waals surface area contributed by atoms with E-state index in [-0.39, 0.29) is 30.8 Å². The van der Waals surface area contributed by atoms with Gasteiger partial charge in [-0.1, -0.05) is 92.4 Å². The highest BCUT2D eigenvalue weighted by molar-refractivity contribution is 5.68. The Balaban J connectivity index is 1.48. The van der Waals surface area contributed by atoms with Crippen molar-refractivity contribution in [1.29, 1.82) is 0 Å². The molecule has 38 heavy (non-hydrogen) atoms. The van der Waals surface area contributed by atoms with E-state index in [0.29, 0.717) is 19.6 Å². The molecule has 1 N–H and O–H groups in total. The number of carbonyl (C=O) groups excluding carboxylic acids is 1. The van der Waals surface area contributed by atoms with Gasteiger partial charge in [0.1, 0.15) is 6.61 Å². The first-order valence-corrected chi connectivity index (χ1v) is 13.8. The van der Waals surface area contributed by atoms with Crippen LogP contribution in [0.5, 0.6) is 0 Å². The molecule has 0 spiro atoms. The van der Waals surface area contributed by atoms with Gasteiger partial charge in [-0.2, -0.15) is 0 Å². The van der Waals surface area contributed by atoms with Crippen LogP contribution in [-0.2, 0) is 22.7 Å². The lowest BCUT2D eigenvalue weighted by Crippen LogP contribution is -2.50. The van der Waals surface area contributed by atoms with Crippen molar-refractivity contribution < 1.29 is 19.4 Å². The number of carbonyl (C=O) groups is 1. The normalized spacial score (nSPS) is 18.7. The maximum atomic E-state index is 12.8. The molecule has 2 aromatic rings. The van der Waals surface area contributed by atoms with Crippen LogP contribution in [0.15, 0.2) is 72.3 Å². The number of ether oxygens (including phenoxy) is 2. The molecule has 1 heterocycles. The fraction of sp³-hybridized carbons (Fsp3) is 0.485. The average molecular weight is 518 g/mol. The first-order valence-electron chi connectivity index (χ1n) is 13.8. The van der Waals surface area contributed by atoms with Gasteiger partial charge in [-0.25, -0.2) is 4.79 Å². The first-order chi connectivity index (χ1) is 18.3. The third kappa shape index (κ3) is 9.04. The molecule has 5 nitrogen and oxygen atoms in total. The minimum absolute atomic E-state index is 0.0890. The van der Waals surface area contributed by atoms with E-state index in [0.717, 1.165) is 31.2 Å². The molecule has 4 atom stereocenters. The summed E-state index contributed by atoms with van der Waals surface area (Å²) in [6.07, 6.45) is 5.58. The van der Waals surface area contributed by atoms with Crippen molar-refractivity contribution in [1.82, 2.24) is 4.90 Å². The Labute approximate surface area is 228 Å². The fourth-order valence-corrected chi connectivity index (χ4v) is 4.85. The van der Waals surface area contributed by atoms with Crippen LogP contribution in [0.25, 0.3) is 0 Å². The number of rotatable bonds is 11. The van der Waals surface area contributed by atoms with Crippen molar-refractivity contribution in [3.8, 4) is 11.8 Å². The molecule has 0 bridgehead atoms. The quantitative estimate of drug-likeness (QED) is 0.260. The number of hydrogen-bond donors (Lipinski definition) is 1. The molecule has 1 aliphatic rings. The van der Waals surface area contributed by atoms with Crippen LogP contribution in [0.4, 0.5) is 4.79 Å². The van der Waals surface area contributed by atoms with Crippen molar-refractivity contribution in [3.63, 3.8) is 0 Å². The van der Waals surface area contributed by atoms with Crippen LogP contribution in [0.2, 0.25) is 0 Å². The summed E-state index contributed by atoms with van der Waals surface area (Å²) in [5.74, 6) is 6.64. The van der Waals surface area contributed by atoms with Crippen molar-refractivity contribution in [2.75, 3.05) is 6.54 Å². The van der Waals surface area contributed by atoms with E-state index in [1.54, 1.807) is 11.8 Å². The molecule has 5 heteroatoms.